The van der Waals surface area contributed by atoms with Crippen LogP contribution in [-0.4, -0.2) is 22.6 Å². The second-order valence-electron chi connectivity index (χ2n) is 4.33. The number of aromatic nitrogens is 1. The Balaban J connectivity index is 2.05. The average Bonchev–Trinajstić information content (AvgIpc) is 2.41. The van der Waals surface area contributed by atoms with E-state index < -0.39 is 5.97 Å². The van der Waals surface area contributed by atoms with Crippen LogP contribution in [-0.2, 0) is 6.42 Å². The largest absolute Gasteiger partial charge is 0.478 e. The van der Waals surface area contributed by atoms with E-state index in [2.05, 4.69) is 10.3 Å². The summed E-state index contributed by atoms with van der Waals surface area (Å²) in [6.45, 7) is 2.59. The Bertz CT molecular complexity index is 568. The van der Waals surface area contributed by atoms with Crippen LogP contribution in [0.3, 0.4) is 0 Å². The summed E-state index contributed by atoms with van der Waals surface area (Å²) in [7, 11) is 0. The predicted octanol–water partition coefficient (Wildman–Crippen LogP) is 2.74. The van der Waals surface area contributed by atoms with Crippen LogP contribution in [0.1, 0.15) is 21.5 Å². The van der Waals surface area contributed by atoms with Crippen molar-refractivity contribution >= 4 is 11.7 Å². The number of nitrogens with zero attached hydrogens (tertiary/aromatic N) is 1. The number of carbonyl (C=O) groups is 1. The fraction of sp³-hybridized carbons (Fsp3) is 0.200. The molecule has 4 heteroatoms. The molecular weight excluding hydrogens is 240 g/mol. The van der Waals surface area contributed by atoms with Gasteiger partial charge in [-0.1, -0.05) is 12.1 Å². The minimum atomic E-state index is -0.907. The van der Waals surface area contributed by atoms with Crippen LogP contribution in [0.5, 0.6) is 0 Å². The molecule has 0 aliphatic heterocycles. The molecule has 1 aromatic carbocycles. The molecule has 0 atom stereocenters. The van der Waals surface area contributed by atoms with Gasteiger partial charge < -0.3 is 10.4 Å². The molecule has 2 aromatic rings. The minimum Gasteiger partial charge on any atom is -0.478 e. The minimum absolute atomic E-state index is 0.315. The number of carboxylic acids is 1. The number of para-hydroxylation sites is 1. The number of anilines is 1. The van der Waals surface area contributed by atoms with E-state index in [0.29, 0.717) is 17.8 Å². The smallest absolute Gasteiger partial charge is 0.337 e. The fourth-order valence-electron chi connectivity index (χ4n) is 1.96. The van der Waals surface area contributed by atoms with E-state index in [9.17, 15) is 4.79 Å². The van der Waals surface area contributed by atoms with Gasteiger partial charge in [0, 0.05) is 18.9 Å². The second kappa shape index (κ2) is 6.00. The molecule has 1 aromatic heterocycles. The number of hydrogen-bond donors (Lipinski definition) is 2. The summed E-state index contributed by atoms with van der Waals surface area (Å²) in [5.41, 5.74) is 3.13. The molecule has 0 aliphatic carbocycles. The zero-order chi connectivity index (χ0) is 13.7. The Morgan fingerprint density at radius 2 is 2.00 bits per heavy atom. The first-order valence-corrected chi connectivity index (χ1v) is 6.14. The Hall–Kier alpha value is -2.36. The summed E-state index contributed by atoms with van der Waals surface area (Å²) < 4.78 is 0. The molecule has 0 unspecified atom stereocenters. The van der Waals surface area contributed by atoms with Crippen molar-refractivity contribution in [2.45, 2.75) is 13.3 Å². The van der Waals surface area contributed by atoms with Gasteiger partial charge >= 0.3 is 5.97 Å². The van der Waals surface area contributed by atoms with Crippen LogP contribution in [0.2, 0.25) is 0 Å². The van der Waals surface area contributed by atoms with Gasteiger partial charge in [0.1, 0.15) is 0 Å². The maximum atomic E-state index is 11.2. The molecule has 0 amide bonds. The Labute approximate surface area is 112 Å². The highest BCUT2D eigenvalue weighted by Crippen LogP contribution is 2.20. The SMILES string of the molecule is Cc1cccc(C(=O)O)c1NCCc1ccncc1. The van der Waals surface area contributed by atoms with Crippen molar-refractivity contribution in [3.63, 3.8) is 0 Å². The van der Waals surface area contributed by atoms with Crippen LogP contribution in [0, 0.1) is 6.92 Å². The number of aryl methyl sites for hydroxylation is 1. The third kappa shape index (κ3) is 3.31. The number of rotatable bonds is 5. The summed E-state index contributed by atoms with van der Waals surface area (Å²) in [6.07, 6.45) is 4.34. The molecule has 0 saturated heterocycles. The Morgan fingerprint density at radius 1 is 1.26 bits per heavy atom. The maximum Gasteiger partial charge on any atom is 0.337 e. The molecule has 0 fully saturated rings. The zero-order valence-corrected chi connectivity index (χ0v) is 10.8. The highest BCUT2D eigenvalue weighted by molar-refractivity contribution is 5.95. The van der Waals surface area contributed by atoms with Gasteiger partial charge in [-0.25, -0.2) is 4.79 Å². The van der Waals surface area contributed by atoms with E-state index in [1.54, 1.807) is 24.5 Å². The van der Waals surface area contributed by atoms with Crippen molar-refractivity contribution < 1.29 is 9.90 Å². The third-order valence-electron chi connectivity index (χ3n) is 2.97. The molecule has 1 heterocycles. The molecule has 4 nitrogen and oxygen atoms in total. The van der Waals surface area contributed by atoms with Crippen molar-refractivity contribution in [1.82, 2.24) is 4.98 Å². The van der Waals surface area contributed by atoms with E-state index in [-0.39, 0.29) is 0 Å². The Kier molecular flexibility index (Phi) is 4.13. The maximum absolute atomic E-state index is 11.2. The van der Waals surface area contributed by atoms with Gasteiger partial charge in [-0.3, -0.25) is 4.98 Å². The number of hydrogen-bond acceptors (Lipinski definition) is 3. The van der Waals surface area contributed by atoms with E-state index in [0.717, 1.165) is 12.0 Å². The monoisotopic (exact) mass is 256 g/mol. The molecule has 0 bridgehead atoms. The highest BCUT2D eigenvalue weighted by atomic mass is 16.4. The number of nitrogens with one attached hydrogen (secondary N) is 1. The molecule has 19 heavy (non-hydrogen) atoms. The molecule has 2 N–H and O–H groups in total. The molecule has 0 radical (unpaired) electrons. The van der Waals surface area contributed by atoms with Crippen LogP contribution < -0.4 is 5.32 Å². The quantitative estimate of drug-likeness (QED) is 0.863. The van der Waals surface area contributed by atoms with Crippen LogP contribution in [0.15, 0.2) is 42.7 Å². The lowest BCUT2D eigenvalue weighted by molar-refractivity contribution is 0.0698. The standard InChI is InChI=1S/C15H16N2O2/c1-11-3-2-4-13(15(18)19)14(11)17-10-7-12-5-8-16-9-6-12/h2-6,8-9,17H,7,10H2,1H3,(H,18,19). The van der Waals surface area contributed by atoms with Crippen molar-refractivity contribution in [2.75, 3.05) is 11.9 Å². The first-order valence-electron chi connectivity index (χ1n) is 6.14. The lowest BCUT2D eigenvalue weighted by Gasteiger charge is -2.12. The summed E-state index contributed by atoms with van der Waals surface area (Å²) in [5, 5.41) is 12.4. The number of pyridine rings is 1. The number of carboxylic acid groups (broad SMARTS) is 1. The topological polar surface area (TPSA) is 62.2 Å². The van der Waals surface area contributed by atoms with Gasteiger partial charge in [0.25, 0.3) is 0 Å². The molecule has 0 saturated carbocycles. The van der Waals surface area contributed by atoms with Gasteiger partial charge in [-0.05, 0) is 42.7 Å². The van der Waals surface area contributed by atoms with Crippen molar-refractivity contribution in [1.29, 1.82) is 0 Å². The van der Waals surface area contributed by atoms with Gasteiger partial charge in [-0.2, -0.15) is 0 Å². The van der Waals surface area contributed by atoms with Gasteiger partial charge in [0.2, 0.25) is 0 Å². The normalized spacial score (nSPS) is 10.2. The van der Waals surface area contributed by atoms with Gasteiger partial charge in [0.05, 0.1) is 11.3 Å². The molecule has 2 rings (SSSR count). The first kappa shape index (κ1) is 13.1. The lowest BCUT2D eigenvalue weighted by atomic mass is 10.1. The van der Waals surface area contributed by atoms with Gasteiger partial charge in [-0.15, -0.1) is 0 Å². The molecular formula is C15H16N2O2. The summed E-state index contributed by atoms with van der Waals surface area (Å²) in [4.78, 5) is 15.1. The van der Waals surface area contributed by atoms with Crippen LogP contribution in [0.25, 0.3) is 0 Å². The number of aromatic carboxylic acids is 1. The fourth-order valence-corrected chi connectivity index (χ4v) is 1.96. The van der Waals surface area contributed by atoms with E-state index >= 15 is 0 Å². The lowest BCUT2D eigenvalue weighted by Crippen LogP contribution is -2.10. The Morgan fingerprint density at radius 3 is 2.68 bits per heavy atom. The van der Waals surface area contributed by atoms with Crippen molar-refractivity contribution in [3.05, 3.63) is 59.4 Å². The molecule has 0 aliphatic rings. The van der Waals surface area contributed by atoms with Crippen LogP contribution in [0.4, 0.5) is 5.69 Å². The highest BCUT2D eigenvalue weighted by Gasteiger charge is 2.11. The van der Waals surface area contributed by atoms with E-state index in [1.807, 2.05) is 25.1 Å². The average molecular weight is 256 g/mol. The predicted molar refractivity (Wildman–Crippen MR) is 74.6 cm³/mol. The van der Waals surface area contributed by atoms with Gasteiger partial charge in [0.15, 0.2) is 0 Å². The summed E-state index contributed by atoms with van der Waals surface area (Å²) in [6, 6.07) is 9.19. The van der Waals surface area contributed by atoms with E-state index in [4.69, 9.17) is 5.11 Å². The molecule has 98 valence electrons. The second-order valence-corrected chi connectivity index (χ2v) is 4.33. The first-order chi connectivity index (χ1) is 9.18. The molecule has 0 spiro atoms. The third-order valence-corrected chi connectivity index (χ3v) is 2.97. The number of benzene rings is 1. The summed E-state index contributed by atoms with van der Waals surface area (Å²) in [5.74, 6) is -0.907. The van der Waals surface area contributed by atoms with E-state index in [1.165, 1.54) is 5.56 Å². The zero-order valence-electron chi connectivity index (χ0n) is 10.8. The van der Waals surface area contributed by atoms with Crippen molar-refractivity contribution in [2.24, 2.45) is 0 Å². The summed E-state index contributed by atoms with van der Waals surface area (Å²) >= 11 is 0. The van der Waals surface area contributed by atoms with Crippen molar-refractivity contribution in [3.8, 4) is 0 Å². The van der Waals surface area contributed by atoms with Crippen LogP contribution >= 0.6 is 0 Å².